The van der Waals surface area contributed by atoms with E-state index in [1.54, 1.807) is 24.3 Å². The predicted octanol–water partition coefficient (Wildman–Crippen LogP) is 3.01. The van der Waals surface area contributed by atoms with Gasteiger partial charge in [-0.2, -0.15) is 13.2 Å². The smallest absolute Gasteiger partial charge is 0.326 e. The van der Waals surface area contributed by atoms with Gasteiger partial charge in [-0.3, -0.25) is 19.0 Å². The van der Waals surface area contributed by atoms with Gasteiger partial charge in [-0.15, -0.1) is 0 Å². The highest BCUT2D eigenvalue weighted by Crippen LogP contribution is 2.36. The predicted molar refractivity (Wildman–Crippen MR) is 100 cm³/mol. The topological polar surface area (TPSA) is 93.1 Å². The number of fused-ring (bicyclic) bond motifs is 1. The Morgan fingerprint density at radius 2 is 1.83 bits per heavy atom. The third kappa shape index (κ3) is 4.60. The standard InChI is InChI=1S/C19H15F3N4O3/c1-11(27)24-12-6-7-16(14(8-12)19(20,21)22)25-17(28)9-26-10-23-15-5-3-2-4-13(15)18(26)29/h2-8,10H,9H2,1H3,(H,24,27)(H,25,28). The third-order valence-corrected chi connectivity index (χ3v) is 3.96. The van der Waals surface area contributed by atoms with Gasteiger partial charge in [-0.25, -0.2) is 4.98 Å². The number of amides is 2. The lowest BCUT2D eigenvalue weighted by molar-refractivity contribution is -0.137. The van der Waals surface area contributed by atoms with E-state index in [0.29, 0.717) is 10.9 Å². The van der Waals surface area contributed by atoms with Crippen LogP contribution in [0, 0.1) is 0 Å². The lowest BCUT2D eigenvalue weighted by Crippen LogP contribution is -2.28. The second-order valence-corrected chi connectivity index (χ2v) is 6.18. The van der Waals surface area contributed by atoms with Crippen molar-refractivity contribution in [1.82, 2.24) is 9.55 Å². The number of rotatable bonds is 4. The fourth-order valence-electron chi connectivity index (χ4n) is 2.73. The second-order valence-electron chi connectivity index (χ2n) is 6.18. The number of para-hydroxylation sites is 1. The summed E-state index contributed by atoms with van der Waals surface area (Å²) in [7, 11) is 0. The summed E-state index contributed by atoms with van der Waals surface area (Å²) in [5.74, 6) is -1.36. The van der Waals surface area contributed by atoms with E-state index in [1.807, 2.05) is 0 Å². The zero-order valence-electron chi connectivity index (χ0n) is 15.1. The maximum atomic E-state index is 13.4. The van der Waals surface area contributed by atoms with Crippen LogP contribution in [0.5, 0.6) is 0 Å². The van der Waals surface area contributed by atoms with Crippen LogP contribution in [-0.2, 0) is 22.3 Å². The van der Waals surface area contributed by atoms with E-state index < -0.39 is 41.3 Å². The summed E-state index contributed by atoms with van der Waals surface area (Å²) in [4.78, 5) is 39.8. The van der Waals surface area contributed by atoms with E-state index in [2.05, 4.69) is 15.6 Å². The molecule has 150 valence electrons. The van der Waals surface area contributed by atoms with E-state index in [1.165, 1.54) is 6.07 Å². The molecule has 0 atom stereocenters. The normalized spacial score (nSPS) is 11.3. The minimum atomic E-state index is -4.77. The van der Waals surface area contributed by atoms with Gasteiger partial charge in [-0.1, -0.05) is 12.1 Å². The molecule has 1 aromatic heterocycles. The average molecular weight is 404 g/mol. The van der Waals surface area contributed by atoms with Crippen molar-refractivity contribution in [3.8, 4) is 0 Å². The highest BCUT2D eigenvalue weighted by molar-refractivity contribution is 5.93. The van der Waals surface area contributed by atoms with E-state index in [-0.39, 0.29) is 5.69 Å². The first-order valence-electron chi connectivity index (χ1n) is 8.38. The highest BCUT2D eigenvalue weighted by Gasteiger charge is 2.34. The maximum Gasteiger partial charge on any atom is 0.418 e. The van der Waals surface area contributed by atoms with Crippen LogP contribution < -0.4 is 16.2 Å². The number of carbonyl (C=O) groups is 2. The van der Waals surface area contributed by atoms with Gasteiger partial charge >= 0.3 is 6.18 Å². The van der Waals surface area contributed by atoms with Gasteiger partial charge in [0.15, 0.2) is 0 Å². The molecule has 0 fully saturated rings. The summed E-state index contributed by atoms with van der Waals surface area (Å²) in [6, 6.07) is 9.51. The number of aromatic nitrogens is 2. The van der Waals surface area contributed by atoms with Gasteiger partial charge in [0.25, 0.3) is 5.56 Å². The van der Waals surface area contributed by atoms with Gasteiger partial charge in [0.1, 0.15) is 6.54 Å². The molecule has 0 aliphatic rings. The minimum absolute atomic E-state index is 0.0576. The Kier molecular flexibility index (Phi) is 5.35. The number of hydrogen-bond donors (Lipinski definition) is 2. The molecule has 0 bridgehead atoms. The van der Waals surface area contributed by atoms with E-state index >= 15 is 0 Å². The Hall–Kier alpha value is -3.69. The molecule has 7 nitrogen and oxygen atoms in total. The number of nitrogens with one attached hydrogen (secondary N) is 2. The molecule has 2 N–H and O–H groups in total. The van der Waals surface area contributed by atoms with Gasteiger partial charge in [0.05, 0.1) is 28.5 Å². The summed E-state index contributed by atoms with van der Waals surface area (Å²) in [5.41, 5.74) is -1.71. The summed E-state index contributed by atoms with van der Waals surface area (Å²) in [6.07, 6.45) is -3.60. The minimum Gasteiger partial charge on any atom is -0.326 e. The van der Waals surface area contributed by atoms with Crippen LogP contribution in [0.3, 0.4) is 0 Å². The molecule has 0 spiro atoms. The van der Waals surface area contributed by atoms with Crippen LogP contribution in [0.25, 0.3) is 10.9 Å². The molecule has 3 rings (SSSR count). The van der Waals surface area contributed by atoms with E-state index in [9.17, 15) is 27.6 Å². The van der Waals surface area contributed by atoms with Crippen LogP contribution in [0.15, 0.2) is 53.6 Å². The molecule has 0 aliphatic carbocycles. The Balaban J connectivity index is 1.86. The molecule has 0 radical (unpaired) electrons. The first-order chi connectivity index (χ1) is 13.6. The van der Waals surface area contributed by atoms with Crippen molar-refractivity contribution in [2.45, 2.75) is 19.6 Å². The average Bonchev–Trinajstić information content (AvgIpc) is 2.64. The maximum absolute atomic E-state index is 13.4. The zero-order chi connectivity index (χ0) is 21.2. The van der Waals surface area contributed by atoms with E-state index in [0.717, 1.165) is 30.0 Å². The van der Waals surface area contributed by atoms with Gasteiger partial charge < -0.3 is 10.6 Å². The number of anilines is 2. The van der Waals surface area contributed by atoms with Crippen LogP contribution in [0.1, 0.15) is 12.5 Å². The molecule has 0 saturated heterocycles. The molecule has 2 amide bonds. The van der Waals surface area contributed by atoms with Crippen LogP contribution in [0.4, 0.5) is 24.5 Å². The second kappa shape index (κ2) is 7.74. The Morgan fingerprint density at radius 1 is 1.10 bits per heavy atom. The van der Waals surface area contributed by atoms with Gasteiger partial charge in [0.2, 0.25) is 11.8 Å². The fourth-order valence-corrected chi connectivity index (χ4v) is 2.73. The van der Waals surface area contributed by atoms with Crippen LogP contribution >= 0.6 is 0 Å². The van der Waals surface area contributed by atoms with E-state index in [4.69, 9.17) is 0 Å². The number of alkyl halides is 3. The van der Waals surface area contributed by atoms with Gasteiger partial charge in [0, 0.05) is 12.6 Å². The molecular formula is C19H15F3N4O3. The fraction of sp³-hybridized carbons (Fsp3) is 0.158. The van der Waals surface area contributed by atoms with Crippen molar-refractivity contribution in [2.75, 3.05) is 10.6 Å². The summed E-state index contributed by atoms with van der Waals surface area (Å²) < 4.78 is 41.1. The molecule has 3 aromatic rings. The molecule has 2 aromatic carbocycles. The van der Waals surface area contributed by atoms with Crippen molar-refractivity contribution in [2.24, 2.45) is 0 Å². The monoisotopic (exact) mass is 404 g/mol. The molecule has 0 saturated carbocycles. The first-order valence-corrected chi connectivity index (χ1v) is 8.38. The molecule has 1 heterocycles. The third-order valence-electron chi connectivity index (χ3n) is 3.96. The SMILES string of the molecule is CC(=O)Nc1ccc(NC(=O)Cn2cnc3ccccc3c2=O)c(C(F)(F)F)c1. The first kappa shape index (κ1) is 20.1. The summed E-state index contributed by atoms with van der Waals surface area (Å²) >= 11 is 0. The Labute approximate surface area is 162 Å². The Morgan fingerprint density at radius 3 is 2.52 bits per heavy atom. The number of hydrogen-bond acceptors (Lipinski definition) is 4. The molecular weight excluding hydrogens is 389 g/mol. The molecule has 0 unspecified atom stereocenters. The molecule has 0 aliphatic heterocycles. The molecule has 10 heteroatoms. The summed E-state index contributed by atoms with van der Waals surface area (Å²) in [5, 5.41) is 4.71. The van der Waals surface area contributed by atoms with Crippen molar-refractivity contribution in [1.29, 1.82) is 0 Å². The Bertz CT molecular complexity index is 1160. The largest absolute Gasteiger partial charge is 0.418 e. The quantitative estimate of drug-likeness (QED) is 0.699. The van der Waals surface area contributed by atoms with Crippen LogP contribution in [-0.4, -0.2) is 21.4 Å². The van der Waals surface area contributed by atoms with Crippen molar-refractivity contribution in [3.63, 3.8) is 0 Å². The number of benzene rings is 2. The van der Waals surface area contributed by atoms with Gasteiger partial charge in [-0.05, 0) is 30.3 Å². The lowest BCUT2D eigenvalue weighted by Gasteiger charge is -2.16. The number of nitrogens with zero attached hydrogens (tertiary/aromatic N) is 2. The number of halogens is 3. The molecule has 29 heavy (non-hydrogen) atoms. The lowest BCUT2D eigenvalue weighted by atomic mass is 10.1. The van der Waals surface area contributed by atoms with Crippen LogP contribution in [0.2, 0.25) is 0 Å². The van der Waals surface area contributed by atoms with Crippen molar-refractivity contribution in [3.05, 3.63) is 64.7 Å². The van der Waals surface area contributed by atoms with Crippen molar-refractivity contribution < 1.29 is 22.8 Å². The summed E-state index contributed by atoms with van der Waals surface area (Å²) in [6.45, 7) is 0.652. The van der Waals surface area contributed by atoms with Crippen molar-refractivity contribution >= 4 is 34.1 Å². The zero-order valence-corrected chi connectivity index (χ0v) is 15.1. The number of carbonyl (C=O) groups excluding carboxylic acids is 2. The highest BCUT2D eigenvalue weighted by atomic mass is 19.4.